The number of aromatic nitrogens is 4. The molecule has 0 spiro atoms. The molecule has 0 bridgehead atoms. The van der Waals surface area contributed by atoms with Crippen LogP contribution in [0.25, 0.3) is 0 Å². The average molecular weight is 247 g/mol. The highest BCUT2D eigenvalue weighted by Crippen LogP contribution is 2.17. The van der Waals surface area contributed by atoms with Crippen LogP contribution >= 0.6 is 0 Å². The number of nitrogens with zero attached hydrogens (tertiary/aromatic N) is 4. The Morgan fingerprint density at radius 3 is 2.89 bits per heavy atom. The van der Waals surface area contributed by atoms with Gasteiger partial charge in [0.1, 0.15) is 12.1 Å². The SMILES string of the molecule is CCn1cc(Nc2cc(OC(C)C)ncn2)cn1. The number of anilines is 2. The lowest BCUT2D eigenvalue weighted by atomic mass is 10.4. The number of hydrogen-bond donors (Lipinski definition) is 1. The molecule has 0 saturated carbocycles. The smallest absolute Gasteiger partial charge is 0.218 e. The maximum Gasteiger partial charge on any atom is 0.218 e. The van der Waals surface area contributed by atoms with Crippen molar-refractivity contribution < 1.29 is 4.74 Å². The van der Waals surface area contributed by atoms with E-state index in [0.717, 1.165) is 12.2 Å². The number of aryl methyl sites for hydroxylation is 1. The van der Waals surface area contributed by atoms with Crippen LogP contribution in [-0.2, 0) is 6.54 Å². The molecule has 2 aromatic rings. The lowest BCUT2D eigenvalue weighted by molar-refractivity contribution is 0.232. The molecule has 2 rings (SSSR count). The Morgan fingerprint density at radius 2 is 2.22 bits per heavy atom. The lowest BCUT2D eigenvalue weighted by Crippen LogP contribution is -2.07. The van der Waals surface area contributed by atoms with Crippen LogP contribution in [0.15, 0.2) is 24.8 Å². The summed E-state index contributed by atoms with van der Waals surface area (Å²) >= 11 is 0. The van der Waals surface area contributed by atoms with Crippen molar-refractivity contribution in [1.29, 1.82) is 0 Å². The topological polar surface area (TPSA) is 64.9 Å². The van der Waals surface area contributed by atoms with Crippen molar-refractivity contribution in [1.82, 2.24) is 19.7 Å². The van der Waals surface area contributed by atoms with Gasteiger partial charge in [0, 0.05) is 18.8 Å². The summed E-state index contributed by atoms with van der Waals surface area (Å²) in [5.74, 6) is 1.25. The van der Waals surface area contributed by atoms with Gasteiger partial charge >= 0.3 is 0 Å². The van der Waals surface area contributed by atoms with Gasteiger partial charge in [-0.05, 0) is 20.8 Å². The van der Waals surface area contributed by atoms with Crippen LogP contribution in [0, 0.1) is 0 Å². The molecule has 0 saturated heterocycles. The maximum atomic E-state index is 5.51. The molecule has 0 aromatic carbocycles. The summed E-state index contributed by atoms with van der Waals surface area (Å²) in [4.78, 5) is 8.19. The first-order chi connectivity index (χ1) is 8.67. The third-order valence-electron chi connectivity index (χ3n) is 2.23. The van der Waals surface area contributed by atoms with Crippen LogP contribution in [-0.4, -0.2) is 25.9 Å². The van der Waals surface area contributed by atoms with E-state index in [0.29, 0.717) is 11.7 Å². The number of hydrogen-bond acceptors (Lipinski definition) is 5. The third kappa shape index (κ3) is 3.19. The number of nitrogens with one attached hydrogen (secondary N) is 1. The average Bonchev–Trinajstić information content (AvgIpc) is 2.76. The fraction of sp³-hybridized carbons (Fsp3) is 0.417. The van der Waals surface area contributed by atoms with E-state index < -0.39 is 0 Å². The second kappa shape index (κ2) is 5.48. The van der Waals surface area contributed by atoms with E-state index in [1.807, 2.05) is 31.6 Å². The van der Waals surface area contributed by atoms with Gasteiger partial charge in [-0.2, -0.15) is 5.10 Å². The lowest BCUT2D eigenvalue weighted by Gasteiger charge is -2.09. The molecule has 0 fully saturated rings. The van der Waals surface area contributed by atoms with Crippen LogP contribution in [0.2, 0.25) is 0 Å². The fourth-order valence-electron chi connectivity index (χ4n) is 1.46. The zero-order valence-corrected chi connectivity index (χ0v) is 10.8. The molecule has 18 heavy (non-hydrogen) atoms. The van der Waals surface area contributed by atoms with Crippen LogP contribution in [0.3, 0.4) is 0 Å². The van der Waals surface area contributed by atoms with Gasteiger partial charge in [-0.3, -0.25) is 4.68 Å². The second-order valence-corrected chi connectivity index (χ2v) is 4.12. The summed E-state index contributed by atoms with van der Waals surface area (Å²) in [6, 6.07) is 1.77. The first-order valence-electron chi connectivity index (χ1n) is 5.95. The van der Waals surface area contributed by atoms with Crippen molar-refractivity contribution in [3.8, 4) is 5.88 Å². The molecule has 0 aliphatic carbocycles. The van der Waals surface area contributed by atoms with Gasteiger partial charge < -0.3 is 10.1 Å². The van der Waals surface area contributed by atoms with Crippen LogP contribution in [0.4, 0.5) is 11.5 Å². The van der Waals surface area contributed by atoms with E-state index in [1.54, 1.807) is 12.3 Å². The Morgan fingerprint density at radius 1 is 1.39 bits per heavy atom. The summed E-state index contributed by atoms with van der Waals surface area (Å²) < 4.78 is 7.35. The molecule has 1 N–H and O–H groups in total. The van der Waals surface area contributed by atoms with Gasteiger partial charge in [0.15, 0.2) is 0 Å². The molecule has 0 aliphatic rings. The van der Waals surface area contributed by atoms with Crippen molar-refractivity contribution in [2.24, 2.45) is 0 Å². The molecule has 2 heterocycles. The Hall–Kier alpha value is -2.11. The Labute approximate surface area is 106 Å². The standard InChI is InChI=1S/C12H17N5O/c1-4-17-7-10(6-15-17)16-11-5-12(14-8-13-11)18-9(2)3/h5-9H,4H2,1-3H3,(H,13,14,16). The molecule has 0 radical (unpaired) electrons. The van der Waals surface area contributed by atoms with Crippen LogP contribution in [0.1, 0.15) is 20.8 Å². The molecular formula is C12H17N5O. The van der Waals surface area contributed by atoms with Gasteiger partial charge in [0.25, 0.3) is 0 Å². The summed E-state index contributed by atoms with van der Waals surface area (Å²) in [6.07, 6.45) is 5.25. The largest absolute Gasteiger partial charge is 0.475 e. The normalized spacial score (nSPS) is 10.7. The molecule has 0 unspecified atom stereocenters. The van der Waals surface area contributed by atoms with Crippen molar-refractivity contribution in [3.63, 3.8) is 0 Å². The first-order valence-corrected chi connectivity index (χ1v) is 5.95. The zero-order chi connectivity index (χ0) is 13.0. The molecular weight excluding hydrogens is 230 g/mol. The Balaban J connectivity index is 2.08. The molecule has 0 atom stereocenters. The van der Waals surface area contributed by atoms with E-state index in [-0.39, 0.29) is 6.10 Å². The summed E-state index contributed by atoms with van der Waals surface area (Å²) in [7, 11) is 0. The van der Waals surface area contributed by atoms with Gasteiger partial charge in [-0.25, -0.2) is 9.97 Å². The van der Waals surface area contributed by atoms with E-state index in [4.69, 9.17) is 4.74 Å². The summed E-state index contributed by atoms with van der Waals surface area (Å²) in [5.41, 5.74) is 0.894. The van der Waals surface area contributed by atoms with Gasteiger partial charge in [0.05, 0.1) is 18.0 Å². The predicted octanol–water partition coefficient (Wildman–Crippen LogP) is 2.22. The second-order valence-electron chi connectivity index (χ2n) is 4.12. The summed E-state index contributed by atoms with van der Waals surface area (Å²) in [6.45, 7) is 6.80. The minimum absolute atomic E-state index is 0.0931. The van der Waals surface area contributed by atoms with Gasteiger partial charge in [-0.15, -0.1) is 0 Å². The minimum Gasteiger partial charge on any atom is -0.475 e. The van der Waals surface area contributed by atoms with Crippen molar-refractivity contribution in [2.75, 3.05) is 5.32 Å². The molecule has 6 nitrogen and oxygen atoms in total. The monoisotopic (exact) mass is 247 g/mol. The molecule has 6 heteroatoms. The molecule has 0 amide bonds. The number of rotatable bonds is 5. The van der Waals surface area contributed by atoms with E-state index >= 15 is 0 Å². The highest BCUT2D eigenvalue weighted by atomic mass is 16.5. The van der Waals surface area contributed by atoms with Crippen molar-refractivity contribution >= 4 is 11.5 Å². The minimum atomic E-state index is 0.0931. The highest BCUT2D eigenvalue weighted by Gasteiger charge is 2.03. The van der Waals surface area contributed by atoms with Crippen molar-refractivity contribution in [3.05, 3.63) is 24.8 Å². The zero-order valence-electron chi connectivity index (χ0n) is 10.8. The van der Waals surface area contributed by atoms with Crippen LogP contribution < -0.4 is 10.1 Å². The van der Waals surface area contributed by atoms with E-state index in [9.17, 15) is 0 Å². The van der Waals surface area contributed by atoms with Gasteiger partial charge in [-0.1, -0.05) is 0 Å². The maximum absolute atomic E-state index is 5.51. The van der Waals surface area contributed by atoms with E-state index in [2.05, 4.69) is 20.4 Å². The Bertz CT molecular complexity index is 509. The first kappa shape index (κ1) is 12.3. The van der Waals surface area contributed by atoms with Crippen LogP contribution in [0.5, 0.6) is 5.88 Å². The molecule has 0 aliphatic heterocycles. The van der Waals surface area contributed by atoms with Crippen molar-refractivity contribution in [2.45, 2.75) is 33.4 Å². The molecule has 96 valence electrons. The summed E-state index contributed by atoms with van der Waals surface area (Å²) in [5, 5.41) is 7.34. The molecule has 2 aromatic heterocycles. The quantitative estimate of drug-likeness (QED) is 0.877. The fourth-order valence-corrected chi connectivity index (χ4v) is 1.46. The number of ether oxygens (including phenoxy) is 1. The highest BCUT2D eigenvalue weighted by molar-refractivity contribution is 5.54. The predicted molar refractivity (Wildman–Crippen MR) is 69.0 cm³/mol. The van der Waals surface area contributed by atoms with Gasteiger partial charge in [0.2, 0.25) is 5.88 Å². The Kier molecular flexibility index (Phi) is 3.76. The van der Waals surface area contributed by atoms with E-state index in [1.165, 1.54) is 6.33 Å². The third-order valence-corrected chi connectivity index (χ3v) is 2.23.